The molecule has 196 valence electrons. The zero-order chi connectivity index (χ0) is 27.2. The number of aromatic nitrogens is 1. The van der Waals surface area contributed by atoms with Crippen LogP contribution >= 0.6 is 0 Å². The summed E-state index contributed by atoms with van der Waals surface area (Å²) in [7, 11) is 0. The number of carbonyl (C=O) groups is 1. The summed E-state index contributed by atoms with van der Waals surface area (Å²) in [5.41, 5.74) is 1.40. The Morgan fingerprint density at radius 1 is 0.973 bits per heavy atom. The molecule has 0 atom stereocenters. The van der Waals surface area contributed by atoms with Crippen molar-refractivity contribution in [3.63, 3.8) is 0 Å². The molecule has 2 aromatic carbocycles. The van der Waals surface area contributed by atoms with E-state index in [0.29, 0.717) is 19.6 Å². The van der Waals surface area contributed by atoms with Crippen molar-refractivity contribution >= 4 is 5.91 Å². The van der Waals surface area contributed by atoms with Gasteiger partial charge in [-0.15, -0.1) is 6.58 Å². The number of carbonyl (C=O) groups excluding carboxylic acids is 1. The molecule has 3 aromatic rings. The summed E-state index contributed by atoms with van der Waals surface area (Å²) in [5, 5.41) is 0. The molecule has 1 aliphatic heterocycles. The van der Waals surface area contributed by atoms with Crippen LogP contribution in [0.4, 0.5) is 4.39 Å². The van der Waals surface area contributed by atoms with Gasteiger partial charge in [0.05, 0.1) is 12.3 Å². The lowest BCUT2D eigenvalue weighted by molar-refractivity contribution is 0.0674. The molecule has 4 rings (SSSR count). The summed E-state index contributed by atoms with van der Waals surface area (Å²) in [6.45, 7) is 12.3. The summed E-state index contributed by atoms with van der Waals surface area (Å²) in [4.78, 5) is 27.9. The fourth-order valence-corrected chi connectivity index (χ4v) is 3.58. The fourth-order valence-electron chi connectivity index (χ4n) is 3.58. The number of hydrogen-bond acceptors (Lipinski definition) is 4. The van der Waals surface area contributed by atoms with Gasteiger partial charge in [-0.1, -0.05) is 68.5 Å². The van der Waals surface area contributed by atoms with Crippen molar-refractivity contribution in [1.29, 1.82) is 0 Å². The van der Waals surface area contributed by atoms with Crippen LogP contribution in [0.5, 0.6) is 11.6 Å². The topological polar surface area (TPSA) is 60.8 Å². The van der Waals surface area contributed by atoms with Crippen LogP contribution in [0.3, 0.4) is 0 Å². The maximum atomic E-state index is 13.4. The predicted octanol–water partition coefficient (Wildman–Crippen LogP) is 6.35. The average Bonchev–Trinajstić information content (AvgIpc) is 2.92. The normalized spacial score (nSPS) is 12.0. The molecule has 2 heterocycles. The highest BCUT2D eigenvalue weighted by molar-refractivity contribution is 5.96. The van der Waals surface area contributed by atoms with Crippen LogP contribution in [0.1, 0.15) is 49.3 Å². The summed E-state index contributed by atoms with van der Waals surface area (Å²) in [6.07, 6.45) is 4.91. The van der Waals surface area contributed by atoms with Gasteiger partial charge in [0, 0.05) is 19.6 Å². The molecule has 1 aromatic heterocycles. The first-order valence-electron chi connectivity index (χ1n) is 12.3. The minimum Gasteiger partial charge on any atom is -0.483 e. The van der Waals surface area contributed by atoms with Crippen LogP contribution in [-0.2, 0) is 19.7 Å². The quantitative estimate of drug-likeness (QED) is 0.277. The molecule has 0 aliphatic carbocycles. The third kappa shape index (κ3) is 7.93. The predicted molar refractivity (Wildman–Crippen MR) is 145 cm³/mol. The van der Waals surface area contributed by atoms with Gasteiger partial charge in [-0.25, -0.2) is 4.39 Å². The molecule has 1 aliphatic rings. The minimum absolute atomic E-state index is 0.00418. The highest BCUT2D eigenvalue weighted by Crippen LogP contribution is 2.27. The van der Waals surface area contributed by atoms with Crippen LogP contribution in [0.2, 0.25) is 0 Å². The standard InChI is InChI=1S/C25H23FN2O4.C3H6.C2H6/c1-2-14-31-22-15-21(29)24(32-17-19-6-4-3-5-7-19)23-25(30)27(12-13-28(22)23)16-18-8-10-20(26)11-9-18;1-3-2;1-2/h2-11,14-15H,12-13,16-17H2,1H3;3H,1H2,2H3;1-2H3/b14-2+;;. The van der Waals surface area contributed by atoms with E-state index in [0.717, 1.165) is 11.1 Å². The van der Waals surface area contributed by atoms with Crippen molar-refractivity contribution in [2.45, 2.75) is 47.4 Å². The van der Waals surface area contributed by atoms with E-state index in [9.17, 15) is 14.0 Å². The average molecular weight is 507 g/mol. The first-order valence-corrected chi connectivity index (χ1v) is 12.3. The third-order valence-corrected chi connectivity index (χ3v) is 5.15. The second-order valence-corrected chi connectivity index (χ2v) is 7.80. The molecule has 0 radical (unpaired) electrons. The Hall–Kier alpha value is -4.13. The van der Waals surface area contributed by atoms with E-state index in [2.05, 4.69) is 6.58 Å². The molecule has 0 fully saturated rings. The van der Waals surface area contributed by atoms with Crippen molar-refractivity contribution in [3.8, 4) is 11.6 Å². The van der Waals surface area contributed by atoms with Crippen LogP contribution in [0.25, 0.3) is 0 Å². The van der Waals surface area contributed by atoms with E-state index in [1.807, 2.05) is 51.1 Å². The minimum atomic E-state index is -0.427. The summed E-state index contributed by atoms with van der Waals surface area (Å²) < 4.78 is 26.4. The number of pyridine rings is 1. The Morgan fingerprint density at radius 3 is 2.24 bits per heavy atom. The summed E-state index contributed by atoms with van der Waals surface area (Å²) in [6, 6.07) is 16.8. The van der Waals surface area contributed by atoms with Gasteiger partial charge in [0.2, 0.25) is 11.3 Å². The number of amides is 1. The third-order valence-electron chi connectivity index (χ3n) is 5.15. The number of ether oxygens (including phenoxy) is 2. The summed E-state index contributed by atoms with van der Waals surface area (Å²) >= 11 is 0. The molecule has 0 unspecified atom stereocenters. The van der Waals surface area contributed by atoms with Crippen LogP contribution in [0, 0.1) is 5.82 Å². The van der Waals surface area contributed by atoms with E-state index >= 15 is 0 Å². The fraction of sp³-hybridized carbons (Fsp3) is 0.267. The number of fused-ring (bicyclic) bond motifs is 1. The zero-order valence-corrected chi connectivity index (χ0v) is 21.9. The maximum Gasteiger partial charge on any atom is 0.274 e. The van der Waals surface area contributed by atoms with E-state index in [1.165, 1.54) is 24.5 Å². The van der Waals surface area contributed by atoms with E-state index in [1.54, 1.807) is 40.7 Å². The van der Waals surface area contributed by atoms with Gasteiger partial charge < -0.3 is 18.9 Å². The molecule has 0 saturated heterocycles. The van der Waals surface area contributed by atoms with E-state index in [4.69, 9.17) is 9.47 Å². The van der Waals surface area contributed by atoms with Gasteiger partial charge in [0.1, 0.15) is 12.4 Å². The van der Waals surface area contributed by atoms with Gasteiger partial charge in [0.25, 0.3) is 5.91 Å². The number of benzene rings is 2. The number of hydrogen-bond donors (Lipinski definition) is 0. The molecular formula is C30H35FN2O4. The van der Waals surface area contributed by atoms with Crippen molar-refractivity contribution in [1.82, 2.24) is 9.47 Å². The molecule has 7 heteroatoms. The number of halogens is 1. The van der Waals surface area contributed by atoms with Crippen LogP contribution in [-0.4, -0.2) is 21.9 Å². The van der Waals surface area contributed by atoms with Crippen molar-refractivity contribution in [3.05, 3.63) is 119 Å². The molecule has 0 N–H and O–H groups in total. The number of rotatable bonds is 7. The molecule has 0 spiro atoms. The van der Waals surface area contributed by atoms with Gasteiger partial charge in [-0.2, -0.15) is 0 Å². The van der Waals surface area contributed by atoms with Gasteiger partial charge >= 0.3 is 0 Å². The molecule has 37 heavy (non-hydrogen) atoms. The van der Waals surface area contributed by atoms with Crippen molar-refractivity contribution in [2.75, 3.05) is 6.54 Å². The van der Waals surface area contributed by atoms with Gasteiger partial charge in [0.15, 0.2) is 11.4 Å². The summed E-state index contributed by atoms with van der Waals surface area (Å²) in [5.74, 6) is -0.398. The molecule has 1 amide bonds. The molecule has 0 saturated carbocycles. The van der Waals surface area contributed by atoms with Crippen molar-refractivity contribution < 1.29 is 18.7 Å². The van der Waals surface area contributed by atoms with Crippen molar-refractivity contribution in [2.24, 2.45) is 0 Å². The highest BCUT2D eigenvalue weighted by atomic mass is 19.1. The molecular weight excluding hydrogens is 471 g/mol. The van der Waals surface area contributed by atoms with E-state index < -0.39 is 5.43 Å². The van der Waals surface area contributed by atoms with Crippen LogP contribution < -0.4 is 14.9 Å². The lowest BCUT2D eigenvalue weighted by Crippen LogP contribution is -2.42. The van der Waals surface area contributed by atoms with Crippen LogP contribution in [0.15, 0.2) is 90.5 Å². The first kappa shape index (κ1) is 29.1. The Kier molecular flexibility index (Phi) is 11.9. The lowest BCUT2D eigenvalue weighted by atomic mass is 10.1. The smallest absolute Gasteiger partial charge is 0.274 e. The number of nitrogens with zero attached hydrogens (tertiary/aromatic N) is 2. The largest absolute Gasteiger partial charge is 0.483 e. The SMILES string of the molecule is C/C=C/Oc1cc(=O)c(OCc2ccccc2)c2n1CCN(Cc1ccc(F)cc1)C2=O.C=CC.CC. The second kappa shape index (κ2) is 15.1. The Morgan fingerprint density at radius 2 is 1.62 bits per heavy atom. The Labute approximate surface area is 218 Å². The second-order valence-electron chi connectivity index (χ2n) is 7.80. The highest BCUT2D eigenvalue weighted by Gasteiger charge is 2.31. The van der Waals surface area contributed by atoms with Gasteiger partial charge in [-0.3, -0.25) is 9.59 Å². The Bertz CT molecular complexity index is 1230. The Balaban J connectivity index is 0.000000898. The maximum absolute atomic E-state index is 13.4. The number of allylic oxidation sites excluding steroid dienone is 2. The van der Waals surface area contributed by atoms with Gasteiger partial charge in [-0.05, 0) is 37.1 Å². The molecule has 6 nitrogen and oxygen atoms in total. The monoisotopic (exact) mass is 506 g/mol. The van der Waals surface area contributed by atoms with E-state index in [-0.39, 0.29) is 35.7 Å². The first-order chi connectivity index (χ1) is 18.0. The lowest BCUT2D eigenvalue weighted by Gasteiger charge is -2.32. The molecule has 0 bridgehead atoms. The zero-order valence-electron chi connectivity index (χ0n) is 21.9.